The second-order valence-corrected chi connectivity index (χ2v) is 7.57. The molecule has 1 fully saturated rings. The van der Waals surface area contributed by atoms with Crippen molar-refractivity contribution in [3.63, 3.8) is 0 Å². The molecule has 1 aliphatic heterocycles. The summed E-state index contributed by atoms with van der Waals surface area (Å²) in [5.74, 6) is 0.996. The lowest BCUT2D eigenvalue weighted by Gasteiger charge is -2.05. The van der Waals surface area contributed by atoms with Gasteiger partial charge in [0.15, 0.2) is 5.84 Å². The summed E-state index contributed by atoms with van der Waals surface area (Å²) in [7, 11) is 0. The zero-order chi connectivity index (χ0) is 13.1. The highest BCUT2D eigenvalue weighted by molar-refractivity contribution is 14.1. The van der Waals surface area contributed by atoms with Crippen molar-refractivity contribution in [1.29, 1.82) is 0 Å². The van der Waals surface area contributed by atoms with Crippen molar-refractivity contribution in [3.8, 4) is 0 Å². The predicted molar refractivity (Wildman–Crippen MR) is 89.5 cm³/mol. The summed E-state index contributed by atoms with van der Waals surface area (Å²) in [5.41, 5.74) is 1.35. The summed E-state index contributed by atoms with van der Waals surface area (Å²) < 4.78 is 7.91. The lowest BCUT2D eigenvalue weighted by molar-refractivity contribution is 0.536. The molecule has 1 aliphatic carbocycles. The van der Waals surface area contributed by atoms with Crippen LogP contribution in [0.2, 0.25) is 0 Å². The summed E-state index contributed by atoms with van der Waals surface area (Å²) in [6.45, 7) is 1.78. The van der Waals surface area contributed by atoms with E-state index in [1.165, 1.54) is 18.4 Å². The number of hydrogen-bond donors (Lipinski definition) is 1. The van der Waals surface area contributed by atoms with E-state index in [9.17, 15) is 0 Å². The highest BCUT2D eigenvalue weighted by Gasteiger charge is 2.30. The van der Waals surface area contributed by atoms with Crippen LogP contribution in [0.15, 0.2) is 37.0 Å². The number of hydrazone groups is 1. The number of nitrogens with zero attached hydrogens (tertiary/aromatic N) is 3. The average Bonchev–Trinajstić information content (AvgIpc) is 3.17. The Labute approximate surface area is 132 Å². The molecular formula is C13H16BrIN4. The van der Waals surface area contributed by atoms with Crippen LogP contribution >= 0.6 is 37.2 Å². The second kappa shape index (κ2) is 6.41. The normalized spacial score (nSPS) is 18.4. The van der Waals surface area contributed by atoms with Crippen molar-refractivity contribution in [2.75, 3.05) is 13.1 Å². The van der Waals surface area contributed by atoms with Crippen LogP contribution < -0.4 is 5.32 Å². The number of amidine groups is 1. The molecule has 0 bridgehead atoms. The average molecular weight is 435 g/mol. The van der Waals surface area contributed by atoms with E-state index in [4.69, 9.17) is 0 Å². The van der Waals surface area contributed by atoms with Crippen molar-refractivity contribution >= 4 is 43.1 Å². The van der Waals surface area contributed by atoms with Gasteiger partial charge in [-0.15, -0.1) is 5.10 Å². The molecule has 0 aromatic heterocycles. The molecule has 1 heterocycles. The van der Waals surface area contributed by atoms with E-state index in [-0.39, 0.29) is 21.3 Å². The first-order valence-corrected chi connectivity index (χ1v) is 9.21. The van der Waals surface area contributed by atoms with E-state index in [2.05, 4.69) is 57.0 Å². The summed E-state index contributed by atoms with van der Waals surface area (Å²) in [5, 5.41) is 7.99. The lowest BCUT2D eigenvalue weighted by atomic mass is 10.1. The maximum absolute atomic E-state index is 4.57. The third-order valence-corrected chi connectivity index (χ3v) is 5.81. The summed E-state index contributed by atoms with van der Waals surface area (Å²) in [6.07, 6.45) is 3.66. The van der Waals surface area contributed by atoms with Gasteiger partial charge in [0, 0.05) is 4.47 Å². The minimum atomic E-state index is -0.203. The van der Waals surface area contributed by atoms with E-state index >= 15 is 0 Å². The molecule has 0 unspecified atom stereocenters. The maximum atomic E-state index is 4.57. The molecule has 0 spiro atoms. The largest absolute Gasteiger partial charge is 0.309 e. The van der Waals surface area contributed by atoms with E-state index < -0.39 is 0 Å². The molecule has 0 amide bonds. The highest BCUT2D eigenvalue weighted by Crippen LogP contribution is 2.35. The van der Waals surface area contributed by atoms with Crippen LogP contribution in [0.3, 0.4) is 0 Å². The third-order valence-electron chi connectivity index (χ3n) is 3.06. The molecule has 4 nitrogen and oxygen atoms in total. The second-order valence-electron chi connectivity index (χ2n) is 4.75. The molecule has 1 aromatic rings. The van der Waals surface area contributed by atoms with Crippen molar-refractivity contribution < 1.29 is 0 Å². The number of nitrogens with one attached hydrogen (secondary N) is 1. The van der Waals surface area contributed by atoms with Crippen LogP contribution in [0.1, 0.15) is 18.4 Å². The Morgan fingerprint density at radius 3 is 2.84 bits per heavy atom. The zero-order valence-electron chi connectivity index (χ0n) is 10.5. The van der Waals surface area contributed by atoms with Gasteiger partial charge in [-0.3, -0.25) is 0 Å². The fourth-order valence-electron chi connectivity index (χ4n) is 1.81. The SMILES string of the molecule is Brc1ccc(CCNCC2=NN(C3CC3)I=N2)cc1. The van der Waals surface area contributed by atoms with Crippen LogP contribution in [-0.2, 0) is 6.42 Å². The Morgan fingerprint density at radius 1 is 1.32 bits per heavy atom. The highest BCUT2D eigenvalue weighted by atomic mass is 127. The van der Waals surface area contributed by atoms with Gasteiger partial charge in [-0.1, -0.05) is 28.1 Å². The van der Waals surface area contributed by atoms with Gasteiger partial charge in [0.25, 0.3) is 0 Å². The van der Waals surface area contributed by atoms with Crippen molar-refractivity contribution in [2.24, 2.45) is 8.25 Å². The minimum absolute atomic E-state index is 0.203. The first-order chi connectivity index (χ1) is 9.31. The molecule has 1 aromatic carbocycles. The molecule has 0 radical (unpaired) electrons. The number of hydrogen-bond acceptors (Lipinski definition) is 4. The summed E-state index contributed by atoms with van der Waals surface area (Å²) in [6, 6.07) is 9.21. The Bertz CT molecular complexity index is 496. The van der Waals surface area contributed by atoms with Gasteiger partial charge < -0.3 is 5.32 Å². The van der Waals surface area contributed by atoms with Gasteiger partial charge in [-0.2, -0.15) is 3.15 Å². The van der Waals surface area contributed by atoms with Crippen molar-refractivity contribution in [1.82, 2.24) is 8.54 Å². The maximum Gasteiger partial charge on any atom is 0.170 e. The fourth-order valence-corrected chi connectivity index (χ4v) is 4.06. The molecule has 0 atom stereocenters. The molecule has 2 aliphatic rings. The molecular weight excluding hydrogens is 419 g/mol. The monoisotopic (exact) mass is 434 g/mol. The molecule has 19 heavy (non-hydrogen) atoms. The smallest absolute Gasteiger partial charge is 0.170 e. The molecule has 0 saturated heterocycles. The van der Waals surface area contributed by atoms with Crippen LogP contribution in [0.25, 0.3) is 0 Å². The summed E-state index contributed by atoms with van der Waals surface area (Å²) in [4.78, 5) is 0. The molecule has 1 N–H and O–H groups in total. The first-order valence-electron chi connectivity index (χ1n) is 6.48. The fraction of sp³-hybridized carbons (Fsp3) is 0.462. The summed E-state index contributed by atoms with van der Waals surface area (Å²) >= 11 is 3.25. The Morgan fingerprint density at radius 2 is 2.11 bits per heavy atom. The predicted octanol–water partition coefficient (Wildman–Crippen LogP) is 3.44. The van der Waals surface area contributed by atoms with Gasteiger partial charge in [-0.05, 0) is 43.5 Å². The van der Waals surface area contributed by atoms with E-state index in [1.807, 2.05) is 0 Å². The number of halogens is 2. The zero-order valence-corrected chi connectivity index (χ0v) is 14.3. The van der Waals surface area contributed by atoms with Gasteiger partial charge in [0.05, 0.1) is 12.6 Å². The van der Waals surface area contributed by atoms with E-state index in [0.717, 1.165) is 35.9 Å². The number of rotatable bonds is 6. The quantitative estimate of drug-likeness (QED) is 0.423. The van der Waals surface area contributed by atoms with Crippen LogP contribution in [0, 0.1) is 0 Å². The van der Waals surface area contributed by atoms with Crippen molar-refractivity contribution in [3.05, 3.63) is 34.3 Å². The Hall–Kier alpha value is -0.340. The van der Waals surface area contributed by atoms with Gasteiger partial charge in [0.1, 0.15) is 21.3 Å². The molecule has 102 valence electrons. The molecule has 6 heteroatoms. The molecule has 3 rings (SSSR count). The van der Waals surface area contributed by atoms with Gasteiger partial charge >= 0.3 is 0 Å². The van der Waals surface area contributed by atoms with Gasteiger partial charge in [0.2, 0.25) is 0 Å². The Kier molecular flexibility index (Phi) is 4.60. The number of benzene rings is 1. The first kappa shape index (κ1) is 13.6. The minimum Gasteiger partial charge on any atom is -0.309 e. The van der Waals surface area contributed by atoms with Gasteiger partial charge in [-0.25, -0.2) is 3.22 Å². The Balaban J connectivity index is 1.38. The topological polar surface area (TPSA) is 40.0 Å². The van der Waals surface area contributed by atoms with E-state index in [0.29, 0.717) is 0 Å². The van der Waals surface area contributed by atoms with Crippen molar-refractivity contribution in [2.45, 2.75) is 25.3 Å². The van der Waals surface area contributed by atoms with Crippen LogP contribution in [0.4, 0.5) is 0 Å². The van der Waals surface area contributed by atoms with E-state index in [1.54, 1.807) is 0 Å². The standard InChI is InChI=1S/C13H16BrIN4/c14-11-3-1-10(2-4-11)7-8-16-9-13-17-15-19(18-13)12-5-6-12/h1-4,12,16H,5-9H2. The van der Waals surface area contributed by atoms with Crippen LogP contribution in [0.5, 0.6) is 0 Å². The molecule has 1 saturated carbocycles. The lowest BCUT2D eigenvalue weighted by Crippen LogP contribution is -2.24. The van der Waals surface area contributed by atoms with Crippen LogP contribution in [-0.4, -0.2) is 28.2 Å². The third kappa shape index (κ3) is 4.06.